The minimum Gasteiger partial charge on any atom is -0.449 e. The number of hydrogen-bond acceptors (Lipinski definition) is 4. The van der Waals surface area contributed by atoms with Gasteiger partial charge in [0.15, 0.2) is 6.10 Å². The second-order valence-electron chi connectivity index (χ2n) is 6.70. The first kappa shape index (κ1) is 21.0. The molecule has 0 bridgehead atoms. The number of urea groups is 1. The van der Waals surface area contributed by atoms with Gasteiger partial charge in [0.1, 0.15) is 0 Å². The largest absolute Gasteiger partial charge is 0.449 e. The summed E-state index contributed by atoms with van der Waals surface area (Å²) < 4.78 is 5.27. The summed E-state index contributed by atoms with van der Waals surface area (Å²) in [6.07, 6.45) is -1.01. The molecule has 0 aromatic heterocycles. The third-order valence-electron chi connectivity index (χ3n) is 3.79. The molecule has 7 nitrogen and oxygen atoms in total. The molecular formula is C21H25N3O4. The zero-order chi connectivity index (χ0) is 20.7. The number of amides is 3. The Morgan fingerprint density at radius 1 is 0.893 bits per heavy atom. The van der Waals surface area contributed by atoms with Crippen molar-refractivity contribution < 1.29 is 19.1 Å². The van der Waals surface area contributed by atoms with Crippen LogP contribution in [-0.2, 0) is 9.53 Å². The third kappa shape index (κ3) is 6.12. The van der Waals surface area contributed by atoms with E-state index in [4.69, 9.17) is 4.74 Å². The Morgan fingerprint density at radius 3 is 2.18 bits per heavy atom. The van der Waals surface area contributed by atoms with Crippen molar-refractivity contribution in [2.45, 2.75) is 39.8 Å². The Bertz CT molecular complexity index is 847. The molecule has 0 saturated carbocycles. The summed E-state index contributed by atoms with van der Waals surface area (Å²) in [7, 11) is 0. The number of hydrogen-bond donors (Lipinski definition) is 3. The second-order valence-corrected chi connectivity index (χ2v) is 6.70. The fraction of sp³-hybridized carbons (Fsp3) is 0.286. The molecule has 3 amide bonds. The lowest BCUT2D eigenvalue weighted by molar-refractivity contribution is -0.123. The van der Waals surface area contributed by atoms with Crippen molar-refractivity contribution in [2.75, 3.05) is 10.6 Å². The minimum absolute atomic E-state index is 0.0513. The molecule has 0 heterocycles. The van der Waals surface area contributed by atoms with Crippen molar-refractivity contribution >= 4 is 29.3 Å². The number of carbonyl (C=O) groups excluding carboxylic acids is 3. The van der Waals surface area contributed by atoms with Gasteiger partial charge in [-0.05, 0) is 52.0 Å². The summed E-state index contributed by atoms with van der Waals surface area (Å²) in [5.74, 6) is -1.15. The van der Waals surface area contributed by atoms with E-state index < -0.39 is 24.0 Å². The highest BCUT2D eigenvalue weighted by molar-refractivity contribution is 6.02. The number of rotatable bonds is 6. The maximum Gasteiger partial charge on any atom is 0.341 e. The van der Waals surface area contributed by atoms with Crippen LogP contribution in [0.4, 0.5) is 16.2 Å². The van der Waals surface area contributed by atoms with E-state index in [2.05, 4.69) is 16.0 Å². The SMILES string of the molecule is Cc1ccc(NC(=O)C(C)OC(=O)c2ccccc2NC(=O)NC(C)C)cc1. The molecule has 2 aromatic carbocycles. The van der Waals surface area contributed by atoms with Crippen LogP contribution in [0.25, 0.3) is 0 Å². The molecule has 0 spiro atoms. The number of nitrogens with one attached hydrogen (secondary N) is 3. The molecular weight excluding hydrogens is 358 g/mol. The zero-order valence-electron chi connectivity index (χ0n) is 16.4. The number of aryl methyl sites for hydroxylation is 1. The Kier molecular flexibility index (Phi) is 7.14. The predicted octanol–water partition coefficient (Wildman–Crippen LogP) is 3.71. The quantitative estimate of drug-likeness (QED) is 0.663. The fourth-order valence-electron chi connectivity index (χ4n) is 2.35. The normalized spacial score (nSPS) is 11.5. The monoisotopic (exact) mass is 383 g/mol. The average Bonchev–Trinajstić information content (AvgIpc) is 2.63. The number of benzene rings is 2. The van der Waals surface area contributed by atoms with E-state index in [1.807, 2.05) is 32.9 Å². The van der Waals surface area contributed by atoms with Crippen LogP contribution in [-0.4, -0.2) is 30.1 Å². The zero-order valence-corrected chi connectivity index (χ0v) is 16.4. The first-order chi connectivity index (χ1) is 13.3. The first-order valence-corrected chi connectivity index (χ1v) is 9.01. The number of esters is 1. The number of anilines is 2. The number of carbonyl (C=O) groups is 3. The van der Waals surface area contributed by atoms with Gasteiger partial charge in [-0.3, -0.25) is 4.79 Å². The standard InChI is InChI=1S/C21H25N3O4/c1-13(2)22-21(27)24-18-8-6-5-7-17(18)20(26)28-15(4)19(25)23-16-11-9-14(3)10-12-16/h5-13,15H,1-4H3,(H,23,25)(H2,22,24,27). The van der Waals surface area contributed by atoms with Crippen LogP contribution in [0, 0.1) is 6.92 Å². The number of ether oxygens (including phenoxy) is 1. The van der Waals surface area contributed by atoms with E-state index in [-0.39, 0.29) is 11.6 Å². The second kappa shape index (κ2) is 9.55. The first-order valence-electron chi connectivity index (χ1n) is 9.01. The molecule has 1 atom stereocenters. The van der Waals surface area contributed by atoms with Crippen LogP contribution in [0.1, 0.15) is 36.7 Å². The Hall–Kier alpha value is -3.35. The smallest absolute Gasteiger partial charge is 0.341 e. The van der Waals surface area contributed by atoms with Crippen LogP contribution >= 0.6 is 0 Å². The maximum absolute atomic E-state index is 12.5. The van der Waals surface area contributed by atoms with Crippen LogP contribution in [0.2, 0.25) is 0 Å². The molecule has 148 valence electrons. The number of para-hydroxylation sites is 1. The molecule has 0 aliphatic carbocycles. The van der Waals surface area contributed by atoms with Gasteiger partial charge in [0.05, 0.1) is 11.3 Å². The van der Waals surface area contributed by atoms with Gasteiger partial charge in [-0.15, -0.1) is 0 Å². The van der Waals surface area contributed by atoms with Gasteiger partial charge in [-0.1, -0.05) is 29.8 Å². The molecule has 0 aliphatic heterocycles. The lowest BCUT2D eigenvalue weighted by atomic mass is 10.2. The molecule has 3 N–H and O–H groups in total. The van der Waals surface area contributed by atoms with E-state index in [1.54, 1.807) is 30.3 Å². The summed E-state index contributed by atoms with van der Waals surface area (Å²) in [5, 5.41) is 8.00. The van der Waals surface area contributed by atoms with E-state index >= 15 is 0 Å². The molecule has 28 heavy (non-hydrogen) atoms. The fourth-order valence-corrected chi connectivity index (χ4v) is 2.35. The van der Waals surface area contributed by atoms with Crippen LogP contribution in [0.3, 0.4) is 0 Å². The molecule has 0 fully saturated rings. The molecule has 2 aromatic rings. The topological polar surface area (TPSA) is 96.5 Å². The lowest BCUT2D eigenvalue weighted by Gasteiger charge is -2.16. The van der Waals surface area contributed by atoms with Crippen LogP contribution in [0.15, 0.2) is 48.5 Å². The summed E-state index contributed by atoms with van der Waals surface area (Å²) in [5.41, 5.74) is 2.15. The molecule has 0 radical (unpaired) electrons. The highest BCUT2D eigenvalue weighted by atomic mass is 16.5. The minimum atomic E-state index is -1.01. The molecule has 0 aliphatic rings. The van der Waals surface area contributed by atoms with E-state index in [1.165, 1.54) is 13.0 Å². The van der Waals surface area contributed by atoms with Gasteiger partial charge < -0.3 is 20.7 Å². The highest BCUT2D eigenvalue weighted by Crippen LogP contribution is 2.17. The van der Waals surface area contributed by atoms with Crippen molar-refractivity contribution in [1.29, 1.82) is 0 Å². The van der Waals surface area contributed by atoms with Crippen molar-refractivity contribution in [2.24, 2.45) is 0 Å². The van der Waals surface area contributed by atoms with Crippen molar-refractivity contribution in [3.63, 3.8) is 0 Å². The molecule has 1 unspecified atom stereocenters. The van der Waals surface area contributed by atoms with Crippen LogP contribution < -0.4 is 16.0 Å². The van der Waals surface area contributed by atoms with E-state index in [0.717, 1.165) is 5.56 Å². The van der Waals surface area contributed by atoms with Gasteiger partial charge in [0.25, 0.3) is 5.91 Å². The van der Waals surface area contributed by atoms with Gasteiger partial charge >= 0.3 is 12.0 Å². The molecule has 7 heteroatoms. The van der Waals surface area contributed by atoms with Gasteiger partial charge in [0.2, 0.25) is 0 Å². The van der Waals surface area contributed by atoms with E-state index in [0.29, 0.717) is 11.4 Å². The predicted molar refractivity (Wildman–Crippen MR) is 108 cm³/mol. The average molecular weight is 383 g/mol. The summed E-state index contributed by atoms with van der Waals surface area (Å²) >= 11 is 0. The summed E-state index contributed by atoms with van der Waals surface area (Å²) in [4.78, 5) is 36.7. The highest BCUT2D eigenvalue weighted by Gasteiger charge is 2.21. The lowest BCUT2D eigenvalue weighted by Crippen LogP contribution is -2.35. The Morgan fingerprint density at radius 2 is 1.54 bits per heavy atom. The van der Waals surface area contributed by atoms with Crippen molar-refractivity contribution in [1.82, 2.24) is 5.32 Å². The third-order valence-corrected chi connectivity index (χ3v) is 3.79. The maximum atomic E-state index is 12.5. The molecule has 0 saturated heterocycles. The van der Waals surface area contributed by atoms with Crippen LogP contribution in [0.5, 0.6) is 0 Å². The Labute approximate surface area is 164 Å². The Balaban J connectivity index is 2.02. The molecule has 2 rings (SSSR count). The van der Waals surface area contributed by atoms with Crippen molar-refractivity contribution in [3.05, 3.63) is 59.7 Å². The van der Waals surface area contributed by atoms with Gasteiger partial charge in [0, 0.05) is 11.7 Å². The summed E-state index contributed by atoms with van der Waals surface area (Å²) in [6, 6.07) is 13.3. The summed E-state index contributed by atoms with van der Waals surface area (Å²) in [6.45, 7) is 7.09. The van der Waals surface area contributed by atoms with E-state index in [9.17, 15) is 14.4 Å². The van der Waals surface area contributed by atoms with Gasteiger partial charge in [-0.2, -0.15) is 0 Å². The van der Waals surface area contributed by atoms with Crippen molar-refractivity contribution in [3.8, 4) is 0 Å². The van der Waals surface area contributed by atoms with Gasteiger partial charge in [-0.25, -0.2) is 9.59 Å².